The van der Waals surface area contributed by atoms with E-state index in [1.54, 1.807) is 0 Å². The molecule has 1 aliphatic carbocycles. The van der Waals surface area contributed by atoms with Crippen molar-refractivity contribution in [1.82, 2.24) is 4.90 Å². The maximum Gasteiger partial charge on any atom is 0.235 e. The van der Waals surface area contributed by atoms with E-state index in [2.05, 4.69) is 13.8 Å². The van der Waals surface area contributed by atoms with Gasteiger partial charge in [-0.3, -0.25) is 4.79 Å². The highest BCUT2D eigenvalue weighted by Crippen LogP contribution is 2.32. The van der Waals surface area contributed by atoms with Crippen LogP contribution in [0.25, 0.3) is 0 Å². The summed E-state index contributed by atoms with van der Waals surface area (Å²) in [7, 11) is 0. The van der Waals surface area contributed by atoms with Crippen molar-refractivity contribution in [2.45, 2.75) is 46.6 Å². The zero-order valence-corrected chi connectivity index (χ0v) is 11.4. The summed E-state index contributed by atoms with van der Waals surface area (Å²) >= 11 is 4.98. The predicted molar refractivity (Wildman–Crippen MR) is 70.1 cm³/mol. The molecule has 0 aromatic heterocycles. The lowest BCUT2D eigenvalue weighted by atomic mass is 9.91. The summed E-state index contributed by atoms with van der Waals surface area (Å²) in [5.74, 6) is 0.558. The van der Waals surface area contributed by atoms with Crippen LogP contribution in [0.15, 0.2) is 0 Å². The second-order valence-electron chi connectivity index (χ2n) is 5.57. The number of carbonyl (C=O) groups excluding carboxylic acids is 1. The van der Waals surface area contributed by atoms with Gasteiger partial charge in [0.05, 0.1) is 10.4 Å². The van der Waals surface area contributed by atoms with Crippen LogP contribution < -0.4 is 5.73 Å². The van der Waals surface area contributed by atoms with Crippen LogP contribution in [-0.4, -0.2) is 28.4 Å². The first-order valence-corrected chi connectivity index (χ1v) is 6.28. The van der Waals surface area contributed by atoms with Gasteiger partial charge in [-0.25, -0.2) is 0 Å². The third kappa shape index (κ3) is 2.94. The molecule has 1 aliphatic rings. The molecule has 16 heavy (non-hydrogen) atoms. The molecule has 3 nitrogen and oxygen atoms in total. The molecule has 2 N–H and O–H groups in total. The van der Waals surface area contributed by atoms with Crippen molar-refractivity contribution in [3.63, 3.8) is 0 Å². The van der Waals surface area contributed by atoms with E-state index in [9.17, 15) is 4.79 Å². The third-order valence-electron chi connectivity index (χ3n) is 2.96. The van der Waals surface area contributed by atoms with Crippen molar-refractivity contribution < 1.29 is 4.79 Å². The van der Waals surface area contributed by atoms with E-state index >= 15 is 0 Å². The van der Waals surface area contributed by atoms with Gasteiger partial charge in [0.2, 0.25) is 5.91 Å². The lowest BCUT2D eigenvalue weighted by Crippen LogP contribution is -2.49. The number of amides is 1. The van der Waals surface area contributed by atoms with Crippen LogP contribution in [0.3, 0.4) is 0 Å². The van der Waals surface area contributed by atoms with Crippen LogP contribution in [0.1, 0.15) is 40.5 Å². The predicted octanol–water partition coefficient (Wildman–Crippen LogP) is 1.95. The molecule has 0 saturated heterocycles. The zero-order valence-electron chi connectivity index (χ0n) is 10.6. The van der Waals surface area contributed by atoms with E-state index in [0.717, 1.165) is 19.4 Å². The molecule has 0 bridgehead atoms. The summed E-state index contributed by atoms with van der Waals surface area (Å²) in [6, 6.07) is 0.420. The SMILES string of the molecule is CC(C)CN(C(=O)C(C)(C)C(N)=S)C1CC1. The average Bonchev–Trinajstić information content (AvgIpc) is 2.95. The molecule has 0 unspecified atom stereocenters. The van der Waals surface area contributed by atoms with E-state index in [4.69, 9.17) is 18.0 Å². The van der Waals surface area contributed by atoms with Crippen LogP contribution in [-0.2, 0) is 4.79 Å². The van der Waals surface area contributed by atoms with E-state index < -0.39 is 5.41 Å². The largest absolute Gasteiger partial charge is 0.392 e. The molecule has 0 atom stereocenters. The molecule has 92 valence electrons. The topological polar surface area (TPSA) is 46.3 Å². The van der Waals surface area contributed by atoms with Crippen LogP contribution in [0.2, 0.25) is 0 Å². The maximum absolute atomic E-state index is 12.4. The summed E-state index contributed by atoms with van der Waals surface area (Å²) in [5, 5.41) is 0. The summed E-state index contributed by atoms with van der Waals surface area (Å²) in [4.78, 5) is 14.6. The van der Waals surface area contributed by atoms with Crippen molar-refractivity contribution >= 4 is 23.1 Å². The van der Waals surface area contributed by atoms with Gasteiger partial charge < -0.3 is 10.6 Å². The van der Waals surface area contributed by atoms with Gasteiger partial charge in [-0.2, -0.15) is 0 Å². The van der Waals surface area contributed by atoms with Gasteiger partial charge in [0.25, 0.3) is 0 Å². The fourth-order valence-electron chi connectivity index (χ4n) is 1.64. The Kier molecular flexibility index (Phi) is 3.94. The van der Waals surface area contributed by atoms with Crippen molar-refractivity contribution in [2.24, 2.45) is 17.1 Å². The highest BCUT2D eigenvalue weighted by molar-refractivity contribution is 7.80. The number of rotatable bonds is 5. The Morgan fingerprint density at radius 2 is 2.00 bits per heavy atom. The van der Waals surface area contributed by atoms with Crippen LogP contribution in [0.4, 0.5) is 0 Å². The minimum atomic E-state index is -0.715. The molecular formula is C12H22N2OS. The second kappa shape index (κ2) is 4.70. The Morgan fingerprint density at radius 3 is 2.31 bits per heavy atom. The number of hydrogen-bond donors (Lipinski definition) is 1. The van der Waals surface area contributed by atoms with Gasteiger partial charge in [0, 0.05) is 12.6 Å². The first-order valence-electron chi connectivity index (χ1n) is 5.87. The van der Waals surface area contributed by atoms with Crippen LogP contribution in [0, 0.1) is 11.3 Å². The van der Waals surface area contributed by atoms with Gasteiger partial charge in [0.15, 0.2) is 0 Å². The Balaban J connectivity index is 2.78. The maximum atomic E-state index is 12.4. The highest BCUT2D eigenvalue weighted by atomic mass is 32.1. The molecule has 0 radical (unpaired) electrons. The van der Waals surface area contributed by atoms with Crippen molar-refractivity contribution in [3.8, 4) is 0 Å². The number of carbonyl (C=O) groups is 1. The molecule has 0 aromatic carbocycles. The minimum Gasteiger partial charge on any atom is -0.392 e. The van der Waals surface area contributed by atoms with Gasteiger partial charge in [0.1, 0.15) is 0 Å². The van der Waals surface area contributed by atoms with E-state index in [1.165, 1.54) is 0 Å². The normalized spacial score (nSPS) is 16.3. The average molecular weight is 242 g/mol. The first-order chi connectivity index (χ1) is 7.26. The van der Waals surface area contributed by atoms with Crippen molar-refractivity contribution in [3.05, 3.63) is 0 Å². The second-order valence-corrected chi connectivity index (χ2v) is 6.01. The quantitative estimate of drug-likeness (QED) is 0.750. The molecule has 1 saturated carbocycles. The van der Waals surface area contributed by atoms with Gasteiger partial charge in [-0.1, -0.05) is 26.1 Å². The monoisotopic (exact) mass is 242 g/mol. The molecule has 1 amide bonds. The number of nitrogens with zero attached hydrogens (tertiary/aromatic N) is 1. The number of nitrogens with two attached hydrogens (primary N) is 1. The molecule has 1 rings (SSSR count). The molecule has 1 fully saturated rings. The molecular weight excluding hydrogens is 220 g/mol. The minimum absolute atomic E-state index is 0.0798. The zero-order chi connectivity index (χ0) is 12.5. The highest BCUT2D eigenvalue weighted by Gasteiger charge is 2.41. The van der Waals surface area contributed by atoms with Crippen LogP contribution >= 0.6 is 12.2 Å². The third-order valence-corrected chi connectivity index (χ3v) is 3.47. The Labute approximate surface area is 103 Å². The van der Waals surface area contributed by atoms with E-state index in [-0.39, 0.29) is 10.9 Å². The summed E-state index contributed by atoms with van der Waals surface area (Å²) in [5.41, 5.74) is 4.93. The number of thiocarbonyl (C=S) groups is 1. The van der Waals surface area contributed by atoms with E-state index in [0.29, 0.717) is 12.0 Å². The van der Waals surface area contributed by atoms with Gasteiger partial charge >= 0.3 is 0 Å². The molecule has 0 aromatic rings. The molecule has 0 heterocycles. The van der Waals surface area contributed by atoms with Crippen molar-refractivity contribution in [2.75, 3.05) is 6.54 Å². The Bertz CT molecular complexity index is 295. The Hall–Kier alpha value is -0.640. The molecule has 4 heteroatoms. The number of hydrogen-bond acceptors (Lipinski definition) is 2. The molecule has 0 aliphatic heterocycles. The molecule has 0 spiro atoms. The lowest BCUT2D eigenvalue weighted by molar-refractivity contribution is -0.138. The van der Waals surface area contributed by atoms with Crippen LogP contribution in [0.5, 0.6) is 0 Å². The standard InChI is InChI=1S/C12H22N2OS/c1-8(2)7-14(9-5-6-9)11(15)12(3,4)10(13)16/h8-9H,5-7H2,1-4H3,(H2,13,16). The Morgan fingerprint density at radius 1 is 1.50 bits per heavy atom. The summed E-state index contributed by atoms with van der Waals surface area (Å²) in [6.45, 7) is 8.67. The van der Waals surface area contributed by atoms with Crippen molar-refractivity contribution in [1.29, 1.82) is 0 Å². The smallest absolute Gasteiger partial charge is 0.235 e. The lowest BCUT2D eigenvalue weighted by Gasteiger charge is -2.32. The summed E-state index contributed by atoms with van der Waals surface area (Å²) in [6.07, 6.45) is 2.23. The first kappa shape index (κ1) is 13.4. The van der Waals surface area contributed by atoms with Gasteiger partial charge in [-0.15, -0.1) is 0 Å². The van der Waals surface area contributed by atoms with E-state index in [1.807, 2.05) is 18.7 Å². The summed E-state index contributed by atoms with van der Waals surface area (Å²) < 4.78 is 0. The fraction of sp³-hybridized carbons (Fsp3) is 0.833. The fourth-order valence-corrected chi connectivity index (χ4v) is 1.73. The van der Waals surface area contributed by atoms with Gasteiger partial charge in [-0.05, 0) is 32.6 Å².